The van der Waals surface area contributed by atoms with Crippen molar-refractivity contribution in [1.29, 1.82) is 0 Å². The molecular weight excluding hydrogens is 399 g/mol. The van der Waals surface area contributed by atoms with Crippen molar-refractivity contribution in [2.24, 2.45) is 5.92 Å². The predicted molar refractivity (Wildman–Crippen MR) is 145 cm³/mol. The summed E-state index contributed by atoms with van der Waals surface area (Å²) in [6, 6.07) is 0. The lowest BCUT2D eigenvalue weighted by molar-refractivity contribution is 0.193. The van der Waals surface area contributed by atoms with Gasteiger partial charge in [0.1, 0.15) is 0 Å². The van der Waals surface area contributed by atoms with Gasteiger partial charge in [-0.25, -0.2) is 0 Å². The molecule has 3 heteroatoms. The summed E-state index contributed by atoms with van der Waals surface area (Å²) in [5, 5.41) is 0.221. The van der Waals surface area contributed by atoms with Crippen LogP contribution in [0.1, 0.15) is 93.9 Å². The maximum atomic E-state index is 6.84. The topological polar surface area (TPSA) is 9.23 Å². The van der Waals surface area contributed by atoms with E-state index in [1.54, 1.807) is 0 Å². The zero-order valence-electron chi connectivity index (χ0n) is 22.2. The maximum Gasteiger partial charge on any atom is 0.192 e. The van der Waals surface area contributed by atoms with E-state index in [4.69, 9.17) is 4.43 Å². The Morgan fingerprint density at radius 2 is 1.40 bits per heavy atom. The number of allylic oxidation sites excluding steroid dienone is 1. The molecular formula is C27H54OPSi+. The number of hydrogen-bond donors (Lipinski definition) is 0. The summed E-state index contributed by atoms with van der Waals surface area (Å²) < 4.78 is 6.84. The van der Waals surface area contributed by atoms with Gasteiger partial charge < -0.3 is 4.43 Å². The van der Waals surface area contributed by atoms with E-state index in [1.165, 1.54) is 63.2 Å². The lowest BCUT2D eigenvalue weighted by Gasteiger charge is -2.39. The van der Waals surface area contributed by atoms with Crippen LogP contribution in [0.3, 0.4) is 0 Å². The Bertz CT molecular complexity index is 514. The van der Waals surface area contributed by atoms with Crippen LogP contribution in [-0.2, 0) is 4.43 Å². The molecule has 0 N–H and O–H groups in total. The van der Waals surface area contributed by atoms with E-state index in [9.17, 15) is 0 Å². The molecule has 176 valence electrons. The van der Waals surface area contributed by atoms with Crippen LogP contribution in [0.25, 0.3) is 0 Å². The molecule has 0 saturated carbocycles. The first kappa shape index (κ1) is 29.9. The molecule has 0 aromatic carbocycles. The zero-order chi connectivity index (χ0) is 23.3. The Morgan fingerprint density at radius 3 is 1.77 bits per heavy atom. The second-order valence-corrected chi connectivity index (χ2v) is 19.9. The Morgan fingerprint density at radius 1 is 0.933 bits per heavy atom. The first-order chi connectivity index (χ1) is 14.0. The van der Waals surface area contributed by atoms with Crippen LogP contribution in [0.4, 0.5) is 0 Å². The van der Waals surface area contributed by atoms with Crippen molar-refractivity contribution >= 4 is 15.6 Å². The Balaban J connectivity index is 5.61. The van der Waals surface area contributed by atoms with Crippen LogP contribution in [-0.4, -0.2) is 39.1 Å². The lowest BCUT2D eigenvalue weighted by Crippen LogP contribution is -2.44. The number of hydrogen-bond acceptors (Lipinski definition) is 1. The fraction of sp³-hybridized carbons (Fsp3) is 0.852. The monoisotopic (exact) mass is 453 g/mol. The van der Waals surface area contributed by atoms with E-state index >= 15 is 0 Å². The molecule has 0 aliphatic rings. The summed E-state index contributed by atoms with van der Waals surface area (Å²) in [7, 11) is -2.73. The van der Waals surface area contributed by atoms with Gasteiger partial charge in [-0.2, -0.15) is 0 Å². The molecule has 0 aliphatic heterocycles. The van der Waals surface area contributed by atoms with Crippen LogP contribution in [0.2, 0.25) is 18.1 Å². The van der Waals surface area contributed by atoms with Gasteiger partial charge >= 0.3 is 0 Å². The van der Waals surface area contributed by atoms with Gasteiger partial charge in [-0.1, -0.05) is 72.8 Å². The molecule has 0 spiro atoms. The van der Waals surface area contributed by atoms with Gasteiger partial charge in [0, 0.05) is 13.2 Å². The molecule has 0 aromatic heterocycles. The summed E-state index contributed by atoms with van der Waals surface area (Å²) in [6.07, 6.45) is 18.9. The molecule has 30 heavy (non-hydrogen) atoms. The summed E-state index contributed by atoms with van der Waals surface area (Å²) in [4.78, 5) is 0. The lowest BCUT2D eigenvalue weighted by atomic mass is 10.1. The molecule has 0 aromatic rings. The van der Waals surface area contributed by atoms with Crippen LogP contribution in [0.15, 0.2) is 12.2 Å². The molecule has 0 saturated heterocycles. The molecule has 0 bridgehead atoms. The Labute approximate surface area is 192 Å². The average molecular weight is 454 g/mol. The van der Waals surface area contributed by atoms with Gasteiger partial charge in [0.15, 0.2) is 8.32 Å². The highest BCUT2D eigenvalue weighted by molar-refractivity contribution is 7.76. The first-order valence-electron chi connectivity index (χ1n) is 12.6. The highest BCUT2D eigenvalue weighted by atomic mass is 31.2. The van der Waals surface area contributed by atoms with Crippen LogP contribution < -0.4 is 0 Å². The third-order valence-electron chi connectivity index (χ3n) is 6.88. The smallest absolute Gasteiger partial charge is 0.192 e. The van der Waals surface area contributed by atoms with Crippen molar-refractivity contribution in [3.63, 3.8) is 0 Å². The van der Waals surface area contributed by atoms with Crippen molar-refractivity contribution in [2.75, 3.05) is 24.6 Å². The van der Waals surface area contributed by atoms with E-state index in [1.807, 2.05) is 6.92 Å². The predicted octanol–water partition coefficient (Wildman–Crippen LogP) is 9.01. The standard InChI is InChI=1S/C27H54OPSi/c1-11-15-21-29(22-16-12-2,23-17-13-3)24-18-20-26(25(5)19-14-4)28-30(9,10)27(6,7)8/h18,20,25-26H,11-13,15-17,21-24H2,1-10H3/q+1/b20-18-/t25-,26+/m1/s1. The maximum absolute atomic E-state index is 6.84. The van der Waals surface area contributed by atoms with E-state index < -0.39 is 15.6 Å². The number of unbranched alkanes of at least 4 members (excludes halogenated alkanes) is 3. The van der Waals surface area contributed by atoms with Gasteiger partial charge in [-0.05, 0) is 57.3 Å². The largest absolute Gasteiger partial charge is 0.409 e. The van der Waals surface area contributed by atoms with Gasteiger partial charge in [-0.3, -0.25) is 0 Å². The molecule has 0 radical (unpaired) electrons. The van der Waals surface area contributed by atoms with E-state index in [0.717, 1.165) is 0 Å². The molecule has 0 fully saturated rings. The van der Waals surface area contributed by atoms with Crippen molar-refractivity contribution in [2.45, 2.75) is 118 Å². The minimum absolute atomic E-state index is 0.115. The SMILES string of the molecule is CC#C[C@@H](C)[C@H](/C=C\C[P+](CCCC)(CCCC)CCCC)O[Si](C)(C)C(C)(C)C. The summed E-state index contributed by atoms with van der Waals surface area (Å²) in [5.41, 5.74) is 0. The molecule has 2 atom stereocenters. The zero-order valence-corrected chi connectivity index (χ0v) is 24.1. The third-order valence-corrected chi connectivity index (χ3v) is 16.1. The Hall–Kier alpha value is -0.0931. The van der Waals surface area contributed by atoms with Crippen LogP contribution in [0.5, 0.6) is 0 Å². The van der Waals surface area contributed by atoms with Crippen molar-refractivity contribution in [3.05, 3.63) is 12.2 Å². The third kappa shape index (κ3) is 11.0. The van der Waals surface area contributed by atoms with Gasteiger partial charge in [-0.15, -0.1) is 5.92 Å². The van der Waals surface area contributed by atoms with E-state index in [0.29, 0.717) is 0 Å². The van der Waals surface area contributed by atoms with Gasteiger partial charge in [0.2, 0.25) is 0 Å². The molecule has 0 amide bonds. The van der Waals surface area contributed by atoms with Gasteiger partial charge in [0.25, 0.3) is 0 Å². The van der Waals surface area contributed by atoms with Crippen molar-refractivity contribution in [1.82, 2.24) is 0 Å². The van der Waals surface area contributed by atoms with Crippen molar-refractivity contribution < 1.29 is 4.43 Å². The highest BCUT2D eigenvalue weighted by Crippen LogP contribution is 2.60. The molecule has 0 heterocycles. The normalized spacial score (nSPS) is 15.1. The molecule has 0 unspecified atom stereocenters. The second-order valence-electron chi connectivity index (χ2n) is 10.7. The minimum atomic E-state index is -1.83. The summed E-state index contributed by atoms with van der Waals surface area (Å²) in [6.45, 7) is 22.9. The fourth-order valence-electron chi connectivity index (χ4n) is 3.64. The van der Waals surface area contributed by atoms with Crippen LogP contribution >= 0.6 is 7.26 Å². The quantitative estimate of drug-likeness (QED) is 0.104. The summed E-state index contributed by atoms with van der Waals surface area (Å²) >= 11 is 0. The highest BCUT2D eigenvalue weighted by Gasteiger charge is 2.40. The molecule has 0 aliphatic carbocycles. The van der Waals surface area contributed by atoms with Crippen LogP contribution in [0, 0.1) is 17.8 Å². The molecule has 0 rings (SSSR count). The fourth-order valence-corrected chi connectivity index (χ4v) is 9.71. The number of rotatable bonds is 15. The van der Waals surface area contributed by atoms with E-state index in [-0.39, 0.29) is 17.1 Å². The minimum Gasteiger partial charge on any atom is -0.409 e. The second kappa shape index (κ2) is 14.9. The van der Waals surface area contributed by atoms with Crippen molar-refractivity contribution in [3.8, 4) is 11.8 Å². The molecule has 1 nitrogen and oxygen atoms in total. The summed E-state index contributed by atoms with van der Waals surface area (Å²) in [5.74, 6) is 6.74. The first-order valence-corrected chi connectivity index (χ1v) is 18.0. The Kier molecular flexibility index (Phi) is 14.8. The van der Waals surface area contributed by atoms with E-state index in [2.05, 4.69) is 85.6 Å². The van der Waals surface area contributed by atoms with Gasteiger partial charge in [0.05, 0.1) is 30.8 Å². The average Bonchev–Trinajstić information content (AvgIpc) is 2.67.